The average Bonchev–Trinajstić information content (AvgIpc) is 2.35. The van der Waals surface area contributed by atoms with Crippen LogP contribution < -0.4 is 4.74 Å². The summed E-state index contributed by atoms with van der Waals surface area (Å²) in [7, 11) is 0. The van der Waals surface area contributed by atoms with Crippen LogP contribution in [0.3, 0.4) is 0 Å². The van der Waals surface area contributed by atoms with Crippen molar-refractivity contribution in [1.29, 1.82) is 0 Å². The highest BCUT2D eigenvalue weighted by Gasteiger charge is 2.12. The number of hydrogen-bond acceptors (Lipinski definition) is 2. The van der Waals surface area contributed by atoms with Crippen LogP contribution in [0, 0.1) is 5.82 Å². The summed E-state index contributed by atoms with van der Waals surface area (Å²) in [6.45, 7) is 1.62. The molecule has 0 radical (unpaired) electrons. The summed E-state index contributed by atoms with van der Waals surface area (Å²) in [5.74, 6) is -0.163. The van der Waals surface area contributed by atoms with Crippen LogP contribution in [0.1, 0.15) is 18.6 Å². The Morgan fingerprint density at radius 3 is 2.50 bits per heavy atom. The van der Waals surface area contributed by atoms with Crippen molar-refractivity contribution in [2.75, 3.05) is 0 Å². The third kappa shape index (κ3) is 2.63. The van der Waals surface area contributed by atoms with Gasteiger partial charge < -0.3 is 9.84 Å². The maximum atomic E-state index is 13.7. The molecule has 0 aliphatic carbocycles. The lowest BCUT2D eigenvalue weighted by atomic mass is 10.1. The first kappa shape index (κ1) is 12.9. The van der Waals surface area contributed by atoms with Crippen LogP contribution in [0.25, 0.3) is 0 Å². The fraction of sp³-hybridized carbons (Fsp3) is 0.143. The Morgan fingerprint density at radius 1 is 1.11 bits per heavy atom. The number of aliphatic hydroxyl groups is 1. The van der Waals surface area contributed by atoms with Crippen LogP contribution in [-0.4, -0.2) is 5.11 Å². The van der Waals surface area contributed by atoms with Gasteiger partial charge in [0.15, 0.2) is 11.6 Å². The van der Waals surface area contributed by atoms with Crippen molar-refractivity contribution in [2.45, 2.75) is 13.0 Å². The molecule has 0 bridgehead atoms. The van der Waals surface area contributed by atoms with Crippen molar-refractivity contribution in [2.24, 2.45) is 0 Å². The Morgan fingerprint density at radius 2 is 1.78 bits per heavy atom. The van der Waals surface area contributed by atoms with E-state index in [2.05, 4.69) is 0 Å². The molecule has 4 heteroatoms. The van der Waals surface area contributed by atoms with Gasteiger partial charge in [0.2, 0.25) is 0 Å². The van der Waals surface area contributed by atoms with Gasteiger partial charge in [0.25, 0.3) is 0 Å². The molecule has 18 heavy (non-hydrogen) atoms. The molecule has 0 fully saturated rings. The van der Waals surface area contributed by atoms with Crippen LogP contribution in [-0.2, 0) is 0 Å². The van der Waals surface area contributed by atoms with Crippen molar-refractivity contribution in [3.05, 3.63) is 58.9 Å². The van der Waals surface area contributed by atoms with Gasteiger partial charge in [-0.15, -0.1) is 0 Å². The van der Waals surface area contributed by atoms with Crippen LogP contribution in [0.4, 0.5) is 4.39 Å². The average molecular weight is 267 g/mol. The van der Waals surface area contributed by atoms with Gasteiger partial charge in [-0.3, -0.25) is 0 Å². The molecule has 1 atom stereocenters. The highest BCUT2D eigenvalue weighted by atomic mass is 35.5. The highest BCUT2D eigenvalue weighted by molar-refractivity contribution is 6.30. The van der Waals surface area contributed by atoms with Crippen LogP contribution in [0.2, 0.25) is 5.02 Å². The van der Waals surface area contributed by atoms with E-state index in [0.29, 0.717) is 11.3 Å². The normalized spacial score (nSPS) is 12.2. The lowest BCUT2D eigenvalue weighted by Crippen LogP contribution is -1.97. The zero-order valence-corrected chi connectivity index (χ0v) is 10.5. The molecule has 0 amide bonds. The van der Waals surface area contributed by atoms with E-state index in [1.54, 1.807) is 37.3 Å². The quantitative estimate of drug-likeness (QED) is 0.896. The second-order valence-corrected chi connectivity index (χ2v) is 4.28. The maximum absolute atomic E-state index is 13.7. The molecule has 2 nitrogen and oxygen atoms in total. The first-order valence-corrected chi connectivity index (χ1v) is 5.86. The summed E-state index contributed by atoms with van der Waals surface area (Å²) >= 11 is 5.68. The minimum absolute atomic E-state index is 0.00188. The molecule has 94 valence electrons. The minimum atomic E-state index is -0.691. The lowest BCUT2D eigenvalue weighted by Gasteiger charge is -2.13. The predicted octanol–water partition coefficient (Wildman–Crippen LogP) is 4.32. The zero-order valence-electron chi connectivity index (χ0n) is 9.73. The Labute approximate surface area is 110 Å². The largest absolute Gasteiger partial charge is 0.454 e. The molecule has 0 unspecified atom stereocenters. The Kier molecular flexibility index (Phi) is 3.84. The summed E-state index contributed by atoms with van der Waals surface area (Å²) in [6.07, 6.45) is -0.691. The minimum Gasteiger partial charge on any atom is -0.454 e. The molecule has 0 saturated carbocycles. The molecule has 0 aliphatic heterocycles. The van der Waals surface area contributed by atoms with Gasteiger partial charge in [0, 0.05) is 5.56 Å². The van der Waals surface area contributed by atoms with E-state index in [4.69, 9.17) is 16.3 Å². The van der Waals surface area contributed by atoms with E-state index in [9.17, 15) is 9.50 Å². The van der Waals surface area contributed by atoms with Gasteiger partial charge in [0.05, 0.1) is 11.1 Å². The van der Waals surface area contributed by atoms with Gasteiger partial charge >= 0.3 is 0 Å². The third-order valence-corrected chi connectivity index (χ3v) is 2.80. The number of ether oxygens (including phenoxy) is 1. The van der Waals surface area contributed by atoms with Gasteiger partial charge in [-0.25, -0.2) is 4.39 Å². The summed E-state index contributed by atoms with van der Waals surface area (Å²) in [6, 6.07) is 11.5. The Hall–Kier alpha value is -1.58. The van der Waals surface area contributed by atoms with Crippen molar-refractivity contribution < 1.29 is 14.2 Å². The summed E-state index contributed by atoms with van der Waals surface area (Å²) in [4.78, 5) is 0. The first-order valence-electron chi connectivity index (χ1n) is 5.48. The first-order chi connectivity index (χ1) is 8.59. The summed E-state index contributed by atoms with van der Waals surface area (Å²) < 4.78 is 19.2. The molecule has 0 heterocycles. The maximum Gasteiger partial charge on any atom is 0.184 e. The predicted molar refractivity (Wildman–Crippen MR) is 68.6 cm³/mol. The smallest absolute Gasteiger partial charge is 0.184 e. The second kappa shape index (κ2) is 5.38. The summed E-state index contributed by atoms with van der Waals surface area (Å²) in [5, 5.41) is 9.61. The van der Waals surface area contributed by atoms with Gasteiger partial charge in [-0.2, -0.15) is 0 Å². The van der Waals surface area contributed by atoms with Crippen molar-refractivity contribution in [3.63, 3.8) is 0 Å². The highest BCUT2D eigenvalue weighted by Crippen LogP contribution is 2.32. The lowest BCUT2D eigenvalue weighted by molar-refractivity contribution is 0.195. The molecular formula is C14H12ClFO2. The molecule has 0 spiro atoms. The third-order valence-electron chi connectivity index (χ3n) is 2.51. The Bertz CT molecular complexity index is 555. The van der Waals surface area contributed by atoms with Gasteiger partial charge in [-0.05, 0) is 25.1 Å². The van der Waals surface area contributed by atoms with Crippen LogP contribution in [0.15, 0.2) is 42.5 Å². The van der Waals surface area contributed by atoms with E-state index in [1.807, 2.05) is 0 Å². The van der Waals surface area contributed by atoms with Crippen LogP contribution >= 0.6 is 11.6 Å². The second-order valence-electron chi connectivity index (χ2n) is 3.87. The van der Waals surface area contributed by atoms with Gasteiger partial charge in [0.1, 0.15) is 5.75 Å². The van der Waals surface area contributed by atoms with E-state index < -0.39 is 11.9 Å². The molecule has 0 saturated heterocycles. The molecular weight excluding hydrogens is 255 g/mol. The molecule has 2 aromatic carbocycles. The van der Waals surface area contributed by atoms with Crippen LogP contribution in [0.5, 0.6) is 11.5 Å². The monoisotopic (exact) mass is 266 g/mol. The van der Waals surface area contributed by atoms with E-state index in [0.717, 1.165) is 0 Å². The number of hydrogen-bond donors (Lipinski definition) is 1. The van der Waals surface area contributed by atoms with Gasteiger partial charge in [-0.1, -0.05) is 35.9 Å². The fourth-order valence-electron chi connectivity index (χ4n) is 1.60. The topological polar surface area (TPSA) is 29.5 Å². The summed E-state index contributed by atoms with van der Waals surface area (Å²) in [5.41, 5.74) is 0.594. The molecule has 2 rings (SSSR count). The van der Waals surface area contributed by atoms with E-state index in [-0.39, 0.29) is 10.8 Å². The Balaban J connectivity index is 2.37. The number of aliphatic hydroxyl groups excluding tert-OH is 1. The van der Waals surface area contributed by atoms with Crippen molar-refractivity contribution in [1.82, 2.24) is 0 Å². The van der Waals surface area contributed by atoms with E-state index in [1.165, 1.54) is 12.1 Å². The number of benzene rings is 2. The zero-order chi connectivity index (χ0) is 13.1. The molecule has 0 aromatic heterocycles. The number of rotatable bonds is 3. The van der Waals surface area contributed by atoms with Crippen molar-refractivity contribution >= 4 is 11.6 Å². The fourth-order valence-corrected chi connectivity index (χ4v) is 1.77. The SMILES string of the molecule is C[C@@H](O)c1ccccc1Oc1cccc(Cl)c1F. The molecule has 1 N–H and O–H groups in total. The number of halogens is 2. The molecule has 2 aromatic rings. The number of para-hydroxylation sites is 1. The molecule has 0 aliphatic rings. The standard InChI is InChI=1S/C14H12ClFO2/c1-9(17)10-5-2-3-7-12(10)18-13-8-4-6-11(15)14(13)16/h2-9,17H,1H3/t9-/m1/s1. The van der Waals surface area contributed by atoms with Crippen molar-refractivity contribution in [3.8, 4) is 11.5 Å². The van der Waals surface area contributed by atoms with E-state index >= 15 is 0 Å².